The van der Waals surface area contributed by atoms with Crippen LogP contribution in [0.2, 0.25) is 5.02 Å². The van der Waals surface area contributed by atoms with Crippen molar-refractivity contribution in [2.24, 2.45) is 0 Å². The van der Waals surface area contributed by atoms with E-state index in [1.807, 2.05) is 29.2 Å². The lowest BCUT2D eigenvalue weighted by Crippen LogP contribution is -2.51. The molecule has 0 aromatic heterocycles. The summed E-state index contributed by atoms with van der Waals surface area (Å²) in [6, 6.07) is 16.2. The Morgan fingerprint density at radius 3 is 2.80 bits per heavy atom. The van der Waals surface area contributed by atoms with Crippen molar-refractivity contribution in [3.63, 3.8) is 0 Å². The number of nitrogens with zero attached hydrogens (tertiary/aromatic N) is 1. The van der Waals surface area contributed by atoms with Gasteiger partial charge in [0.2, 0.25) is 5.91 Å². The van der Waals surface area contributed by atoms with Crippen LogP contribution in [0.4, 0.5) is 0 Å². The van der Waals surface area contributed by atoms with Crippen LogP contribution < -0.4 is 0 Å². The van der Waals surface area contributed by atoms with Crippen molar-refractivity contribution in [3.8, 4) is 0 Å². The first kappa shape index (κ1) is 16.6. The Morgan fingerprint density at radius 1 is 1.16 bits per heavy atom. The minimum Gasteiger partial charge on any atom is -0.367 e. The zero-order valence-corrected chi connectivity index (χ0v) is 15.0. The van der Waals surface area contributed by atoms with Gasteiger partial charge >= 0.3 is 0 Å². The maximum absolute atomic E-state index is 12.7. The van der Waals surface area contributed by atoms with Crippen LogP contribution in [0.3, 0.4) is 0 Å². The Bertz CT molecular complexity index is 770. The summed E-state index contributed by atoms with van der Waals surface area (Å²) < 4.78 is 6.20. The van der Waals surface area contributed by atoms with Gasteiger partial charge in [-0.2, -0.15) is 0 Å². The molecule has 2 aromatic carbocycles. The quantitative estimate of drug-likeness (QED) is 0.833. The highest BCUT2D eigenvalue weighted by Crippen LogP contribution is 2.42. The van der Waals surface area contributed by atoms with Crippen LogP contribution in [0, 0.1) is 0 Å². The first-order valence-corrected chi connectivity index (χ1v) is 9.29. The second-order valence-electron chi connectivity index (χ2n) is 6.94. The lowest BCUT2D eigenvalue weighted by atomic mass is 9.93. The zero-order valence-electron chi connectivity index (χ0n) is 14.2. The monoisotopic (exact) mass is 355 g/mol. The van der Waals surface area contributed by atoms with Crippen molar-refractivity contribution < 1.29 is 9.53 Å². The second-order valence-corrected chi connectivity index (χ2v) is 7.38. The molecule has 1 atom stereocenters. The van der Waals surface area contributed by atoms with Crippen molar-refractivity contribution in [3.05, 3.63) is 70.2 Å². The van der Waals surface area contributed by atoms with E-state index in [1.54, 1.807) is 0 Å². The Kier molecular flexibility index (Phi) is 4.53. The number of rotatable bonds is 3. The van der Waals surface area contributed by atoms with Gasteiger partial charge in [0.25, 0.3) is 0 Å². The van der Waals surface area contributed by atoms with E-state index in [-0.39, 0.29) is 11.5 Å². The highest BCUT2D eigenvalue weighted by Gasteiger charge is 2.44. The third-order valence-electron chi connectivity index (χ3n) is 5.39. The molecule has 1 saturated heterocycles. The van der Waals surface area contributed by atoms with E-state index < -0.39 is 0 Å². The molecule has 0 N–H and O–H groups in total. The molecule has 25 heavy (non-hydrogen) atoms. The number of hydrogen-bond acceptors (Lipinski definition) is 2. The molecule has 1 unspecified atom stereocenters. The van der Waals surface area contributed by atoms with E-state index in [1.165, 1.54) is 11.1 Å². The lowest BCUT2D eigenvalue weighted by molar-refractivity contribution is -0.152. The Labute approximate surface area is 153 Å². The summed E-state index contributed by atoms with van der Waals surface area (Å²) in [4.78, 5) is 14.7. The molecular formula is C21H22ClNO2. The summed E-state index contributed by atoms with van der Waals surface area (Å²) in [5.74, 6) is 0.210. The number of benzene rings is 2. The highest BCUT2D eigenvalue weighted by molar-refractivity contribution is 6.30. The van der Waals surface area contributed by atoms with Crippen molar-refractivity contribution in [1.82, 2.24) is 4.90 Å². The maximum atomic E-state index is 12.7. The zero-order chi connectivity index (χ0) is 17.3. The molecule has 2 aromatic rings. The molecule has 130 valence electrons. The van der Waals surface area contributed by atoms with E-state index in [4.69, 9.17) is 16.3 Å². The maximum Gasteiger partial charge on any atom is 0.223 e. The fraction of sp³-hybridized carbons (Fsp3) is 0.381. The molecule has 4 rings (SSSR count). The normalized spacial score (nSPS) is 22.2. The molecule has 0 saturated carbocycles. The SMILES string of the molecule is O=C(CCc1ccc(Cl)cc1)N1CCOC2(CCc3ccccc32)C1. The molecule has 1 amide bonds. The minimum absolute atomic E-state index is 0.210. The topological polar surface area (TPSA) is 29.5 Å². The van der Waals surface area contributed by atoms with Gasteiger partial charge in [-0.25, -0.2) is 0 Å². The number of fused-ring (bicyclic) bond motifs is 2. The van der Waals surface area contributed by atoms with Gasteiger partial charge < -0.3 is 9.64 Å². The molecule has 3 nitrogen and oxygen atoms in total. The summed E-state index contributed by atoms with van der Waals surface area (Å²) in [6.45, 7) is 1.97. The molecule has 2 aliphatic rings. The molecular weight excluding hydrogens is 334 g/mol. The summed E-state index contributed by atoms with van der Waals surface area (Å²) >= 11 is 5.92. The van der Waals surface area contributed by atoms with Crippen molar-refractivity contribution in [2.75, 3.05) is 19.7 Å². The third kappa shape index (κ3) is 3.31. The van der Waals surface area contributed by atoms with Gasteiger partial charge in [0.05, 0.1) is 13.2 Å². The molecule has 0 bridgehead atoms. The van der Waals surface area contributed by atoms with Gasteiger partial charge in [-0.1, -0.05) is 48.0 Å². The first-order chi connectivity index (χ1) is 12.2. The number of amides is 1. The molecule has 1 spiro atoms. The van der Waals surface area contributed by atoms with Crippen LogP contribution >= 0.6 is 11.6 Å². The fourth-order valence-electron chi connectivity index (χ4n) is 4.03. The van der Waals surface area contributed by atoms with Crippen molar-refractivity contribution in [2.45, 2.75) is 31.3 Å². The first-order valence-electron chi connectivity index (χ1n) is 8.91. The number of hydrogen-bond donors (Lipinski definition) is 0. The number of carbonyl (C=O) groups excluding carboxylic acids is 1. The van der Waals surface area contributed by atoms with E-state index in [2.05, 4.69) is 24.3 Å². The van der Waals surface area contributed by atoms with Crippen LogP contribution in [0.25, 0.3) is 0 Å². The summed E-state index contributed by atoms with van der Waals surface area (Å²) in [6.07, 6.45) is 3.27. The highest BCUT2D eigenvalue weighted by atomic mass is 35.5. The molecule has 1 aliphatic heterocycles. The van der Waals surface area contributed by atoms with Gasteiger partial charge in [-0.3, -0.25) is 4.79 Å². The number of halogens is 1. The van der Waals surface area contributed by atoms with Crippen LogP contribution in [0.15, 0.2) is 48.5 Å². The lowest BCUT2D eigenvalue weighted by Gasteiger charge is -2.41. The molecule has 1 aliphatic carbocycles. The number of aryl methyl sites for hydroxylation is 2. The minimum atomic E-state index is -0.301. The molecule has 4 heteroatoms. The van der Waals surface area contributed by atoms with E-state index in [0.29, 0.717) is 26.1 Å². The van der Waals surface area contributed by atoms with E-state index in [0.717, 1.165) is 29.8 Å². The fourth-order valence-corrected chi connectivity index (χ4v) is 4.15. The largest absolute Gasteiger partial charge is 0.367 e. The molecule has 0 radical (unpaired) electrons. The van der Waals surface area contributed by atoms with Crippen LogP contribution in [0.5, 0.6) is 0 Å². The summed E-state index contributed by atoms with van der Waals surface area (Å²) in [5, 5.41) is 0.727. The molecule has 1 heterocycles. The smallest absolute Gasteiger partial charge is 0.223 e. The van der Waals surface area contributed by atoms with Crippen LogP contribution in [-0.4, -0.2) is 30.5 Å². The van der Waals surface area contributed by atoms with Gasteiger partial charge in [-0.05, 0) is 48.1 Å². The van der Waals surface area contributed by atoms with Gasteiger partial charge in [0.1, 0.15) is 5.60 Å². The van der Waals surface area contributed by atoms with Crippen LogP contribution in [0.1, 0.15) is 29.5 Å². The predicted octanol–water partition coefficient (Wildman–Crippen LogP) is 3.97. The van der Waals surface area contributed by atoms with E-state index in [9.17, 15) is 4.79 Å². The average Bonchev–Trinajstić information content (AvgIpc) is 2.99. The number of morpholine rings is 1. The van der Waals surface area contributed by atoms with Crippen LogP contribution in [-0.2, 0) is 28.0 Å². The standard InChI is InChI=1S/C21H22ClNO2/c22-18-8-5-16(6-9-18)7-10-20(24)23-13-14-25-21(15-23)12-11-17-3-1-2-4-19(17)21/h1-6,8-9H,7,10-15H2. The Balaban J connectivity index is 1.43. The second kappa shape index (κ2) is 6.81. The van der Waals surface area contributed by atoms with Crippen molar-refractivity contribution >= 4 is 17.5 Å². The molecule has 1 fully saturated rings. The van der Waals surface area contributed by atoms with Gasteiger partial charge in [-0.15, -0.1) is 0 Å². The Hall–Kier alpha value is -1.84. The Morgan fingerprint density at radius 2 is 1.96 bits per heavy atom. The van der Waals surface area contributed by atoms with Gasteiger partial charge in [0, 0.05) is 18.0 Å². The summed E-state index contributed by atoms with van der Waals surface area (Å²) in [5.41, 5.74) is 3.47. The van der Waals surface area contributed by atoms with Crippen molar-refractivity contribution in [1.29, 1.82) is 0 Å². The predicted molar refractivity (Wildman–Crippen MR) is 98.7 cm³/mol. The number of ether oxygens (including phenoxy) is 1. The third-order valence-corrected chi connectivity index (χ3v) is 5.64. The van der Waals surface area contributed by atoms with Gasteiger partial charge in [0.15, 0.2) is 0 Å². The number of carbonyl (C=O) groups is 1. The average molecular weight is 356 g/mol. The summed E-state index contributed by atoms with van der Waals surface area (Å²) in [7, 11) is 0. The van der Waals surface area contributed by atoms with E-state index >= 15 is 0 Å².